The van der Waals surface area contributed by atoms with Crippen LogP contribution in [0.1, 0.15) is 42.9 Å². The van der Waals surface area contributed by atoms with Gasteiger partial charge in [-0.05, 0) is 31.7 Å². The van der Waals surface area contributed by atoms with E-state index in [1.165, 1.54) is 11.1 Å². The zero-order valence-electron chi connectivity index (χ0n) is 13.4. The highest BCUT2D eigenvalue weighted by molar-refractivity contribution is 5.87. The van der Waals surface area contributed by atoms with E-state index in [9.17, 15) is 9.59 Å². The van der Waals surface area contributed by atoms with Crippen molar-refractivity contribution in [3.05, 3.63) is 35.4 Å². The number of aryl methyl sites for hydroxylation is 1. The zero-order chi connectivity index (χ0) is 15.7. The lowest BCUT2D eigenvalue weighted by atomic mass is 9.94. The van der Waals surface area contributed by atoms with E-state index < -0.39 is 0 Å². The number of hydrogen-bond acceptors (Lipinski definition) is 2. The number of carbonyl (C=O) groups excluding carboxylic acids is 2. The summed E-state index contributed by atoms with van der Waals surface area (Å²) in [6.45, 7) is 3.59. The molecule has 3 rings (SSSR count). The van der Waals surface area contributed by atoms with Gasteiger partial charge in [-0.25, -0.2) is 0 Å². The molecule has 0 bridgehead atoms. The highest BCUT2D eigenvalue weighted by Crippen LogP contribution is 2.34. The number of nitrogens with zero attached hydrogens (tertiary/aromatic N) is 2. The van der Waals surface area contributed by atoms with Crippen LogP contribution in [-0.2, 0) is 9.59 Å². The fraction of sp³-hybridized carbons (Fsp3) is 0.556. The lowest BCUT2D eigenvalue weighted by molar-refractivity contribution is -0.145. The summed E-state index contributed by atoms with van der Waals surface area (Å²) >= 11 is 0. The molecule has 0 aromatic heterocycles. The molecule has 1 aromatic rings. The molecule has 2 heterocycles. The first-order chi connectivity index (χ1) is 10.6. The van der Waals surface area contributed by atoms with Gasteiger partial charge < -0.3 is 9.80 Å². The van der Waals surface area contributed by atoms with E-state index in [-0.39, 0.29) is 23.8 Å². The topological polar surface area (TPSA) is 40.6 Å². The van der Waals surface area contributed by atoms with Gasteiger partial charge in [0.1, 0.15) is 0 Å². The monoisotopic (exact) mass is 300 g/mol. The lowest BCUT2D eigenvalue weighted by Gasteiger charge is -2.33. The van der Waals surface area contributed by atoms with E-state index >= 15 is 0 Å². The average Bonchev–Trinajstić information content (AvgIpc) is 2.99. The molecular weight excluding hydrogens is 276 g/mol. The molecular formula is C18H24N2O2. The van der Waals surface area contributed by atoms with Crippen molar-refractivity contribution < 1.29 is 9.59 Å². The predicted octanol–water partition coefficient (Wildman–Crippen LogP) is 2.53. The molecule has 2 saturated heterocycles. The maximum absolute atomic E-state index is 12.9. The zero-order valence-corrected chi connectivity index (χ0v) is 13.4. The van der Waals surface area contributed by atoms with Crippen molar-refractivity contribution in [2.24, 2.45) is 5.92 Å². The van der Waals surface area contributed by atoms with Crippen molar-refractivity contribution in [2.45, 2.75) is 38.6 Å². The van der Waals surface area contributed by atoms with Crippen LogP contribution in [0.2, 0.25) is 0 Å². The van der Waals surface area contributed by atoms with Crippen LogP contribution >= 0.6 is 0 Å². The molecule has 0 radical (unpaired) electrons. The second-order valence-corrected chi connectivity index (χ2v) is 6.61. The van der Waals surface area contributed by atoms with Crippen molar-refractivity contribution in [3.63, 3.8) is 0 Å². The molecule has 0 aliphatic carbocycles. The molecule has 4 heteroatoms. The van der Waals surface area contributed by atoms with Crippen LogP contribution in [0.25, 0.3) is 0 Å². The first-order valence-electron chi connectivity index (χ1n) is 8.17. The molecule has 0 spiro atoms. The smallest absolute Gasteiger partial charge is 0.226 e. The molecule has 1 aromatic carbocycles. The van der Waals surface area contributed by atoms with Crippen molar-refractivity contribution in [1.29, 1.82) is 0 Å². The number of hydrogen-bond donors (Lipinski definition) is 0. The van der Waals surface area contributed by atoms with E-state index in [4.69, 9.17) is 0 Å². The Balaban J connectivity index is 1.75. The number of rotatable bonds is 2. The Morgan fingerprint density at radius 2 is 2.05 bits per heavy atom. The van der Waals surface area contributed by atoms with Gasteiger partial charge in [-0.15, -0.1) is 0 Å². The van der Waals surface area contributed by atoms with Crippen molar-refractivity contribution in [3.8, 4) is 0 Å². The van der Waals surface area contributed by atoms with Crippen LogP contribution in [0, 0.1) is 12.8 Å². The molecule has 2 amide bonds. The Hall–Kier alpha value is -1.84. The second kappa shape index (κ2) is 6.11. The van der Waals surface area contributed by atoms with E-state index in [1.807, 2.05) is 11.9 Å². The summed E-state index contributed by atoms with van der Waals surface area (Å²) in [5, 5.41) is 0. The van der Waals surface area contributed by atoms with Crippen LogP contribution in [-0.4, -0.2) is 41.8 Å². The Morgan fingerprint density at radius 1 is 1.23 bits per heavy atom. The first-order valence-corrected chi connectivity index (χ1v) is 8.17. The second-order valence-electron chi connectivity index (χ2n) is 6.61. The van der Waals surface area contributed by atoms with E-state index in [1.54, 1.807) is 4.90 Å². The van der Waals surface area contributed by atoms with Gasteiger partial charge in [0.2, 0.25) is 11.8 Å². The summed E-state index contributed by atoms with van der Waals surface area (Å²) in [4.78, 5) is 28.5. The molecule has 2 aliphatic heterocycles. The summed E-state index contributed by atoms with van der Waals surface area (Å²) < 4.78 is 0. The van der Waals surface area contributed by atoms with E-state index in [2.05, 4.69) is 31.2 Å². The normalized spacial score (nSPS) is 25.6. The van der Waals surface area contributed by atoms with Crippen LogP contribution in [0.3, 0.4) is 0 Å². The molecule has 2 aliphatic rings. The van der Waals surface area contributed by atoms with Gasteiger partial charge in [0.15, 0.2) is 0 Å². The molecule has 118 valence electrons. The minimum atomic E-state index is -0.130. The lowest BCUT2D eigenvalue weighted by Crippen LogP contribution is -2.43. The van der Waals surface area contributed by atoms with Gasteiger partial charge >= 0.3 is 0 Å². The average molecular weight is 300 g/mol. The Kier molecular flexibility index (Phi) is 4.19. The predicted molar refractivity (Wildman–Crippen MR) is 85.2 cm³/mol. The molecule has 0 saturated carbocycles. The Bertz CT molecular complexity index is 584. The first kappa shape index (κ1) is 15.1. The van der Waals surface area contributed by atoms with E-state index in [0.717, 1.165) is 25.8 Å². The molecule has 2 atom stereocenters. The quantitative estimate of drug-likeness (QED) is 0.842. The van der Waals surface area contributed by atoms with Crippen molar-refractivity contribution in [1.82, 2.24) is 9.80 Å². The maximum atomic E-state index is 12.9. The summed E-state index contributed by atoms with van der Waals surface area (Å²) in [6, 6.07) is 8.62. The number of piperidine rings is 1. The number of carbonyl (C=O) groups is 2. The van der Waals surface area contributed by atoms with Crippen LogP contribution in [0.15, 0.2) is 24.3 Å². The fourth-order valence-electron chi connectivity index (χ4n) is 3.64. The third-order valence-electron chi connectivity index (χ3n) is 4.97. The van der Waals surface area contributed by atoms with Gasteiger partial charge in [0.25, 0.3) is 0 Å². The number of likely N-dealkylation sites (tertiary alicyclic amines) is 2. The minimum absolute atomic E-state index is 0.0934. The highest BCUT2D eigenvalue weighted by atomic mass is 16.2. The molecule has 22 heavy (non-hydrogen) atoms. The summed E-state index contributed by atoms with van der Waals surface area (Å²) in [6.07, 6.45) is 3.23. The summed E-state index contributed by atoms with van der Waals surface area (Å²) in [5.41, 5.74) is 2.45. The summed E-state index contributed by atoms with van der Waals surface area (Å²) in [7, 11) is 1.81. The molecule has 0 N–H and O–H groups in total. The summed E-state index contributed by atoms with van der Waals surface area (Å²) in [5.74, 6) is 0.135. The van der Waals surface area contributed by atoms with Gasteiger partial charge in [0.05, 0.1) is 6.04 Å². The Morgan fingerprint density at radius 3 is 2.77 bits per heavy atom. The minimum Gasteiger partial charge on any atom is -0.346 e. The third kappa shape index (κ3) is 2.87. The third-order valence-corrected chi connectivity index (χ3v) is 4.97. The maximum Gasteiger partial charge on any atom is 0.226 e. The highest BCUT2D eigenvalue weighted by Gasteiger charge is 2.36. The van der Waals surface area contributed by atoms with Crippen LogP contribution in [0.4, 0.5) is 0 Å². The van der Waals surface area contributed by atoms with Crippen molar-refractivity contribution in [2.75, 3.05) is 20.1 Å². The molecule has 4 nitrogen and oxygen atoms in total. The SMILES string of the molecule is Cc1cccc([C@@H]2CCCN2C(=O)[C@H]2CCN(C)C(=O)C2)c1. The van der Waals surface area contributed by atoms with E-state index in [0.29, 0.717) is 13.0 Å². The van der Waals surface area contributed by atoms with Crippen molar-refractivity contribution >= 4 is 11.8 Å². The largest absolute Gasteiger partial charge is 0.346 e. The number of amides is 2. The van der Waals surface area contributed by atoms with Gasteiger partial charge in [-0.3, -0.25) is 9.59 Å². The molecule has 0 unspecified atom stereocenters. The van der Waals surface area contributed by atoms with Gasteiger partial charge in [-0.2, -0.15) is 0 Å². The molecule has 2 fully saturated rings. The fourth-order valence-corrected chi connectivity index (χ4v) is 3.64. The number of benzene rings is 1. The van der Waals surface area contributed by atoms with Crippen LogP contribution in [0.5, 0.6) is 0 Å². The van der Waals surface area contributed by atoms with Crippen LogP contribution < -0.4 is 0 Å². The Labute approximate surface area is 132 Å². The van der Waals surface area contributed by atoms with Gasteiger partial charge in [-0.1, -0.05) is 29.8 Å². The standard InChI is InChI=1S/C18H24N2O2/c1-13-5-3-6-14(11-13)16-7-4-9-20(16)18(22)15-8-10-19(2)17(21)12-15/h3,5-6,11,15-16H,4,7-10,12H2,1-2H3/t15-,16-/m0/s1. The van der Waals surface area contributed by atoms with Gasteiger partial charge in [0, 0.05) is 32.5 Å².